The molecule has 0 saturated heterocycles. The molecule has 6 heteroatoms. The number of fused-ring (bicyclic) bond motifs is 1. The molecular formula is C23H22N2O4. The van der Waals surface area contributed by atoms with Crippen LogP contribution < -0.4 is 0 Å². The zero-order valence-electron chi connectivity index (χ0n) is 16.4. The first-order valence-corrected chi connectivity index (χ1v) is 9.39. The second-order valence-electron chi connectivity index (χ2n) is 7.02. The second-order valence-corrected chi connectivity index (χ2v) is 7.02. The highest BCUT2D eigenvalue weighted by molar-refractivity contribution is 6.01. The summed E-state index contributed by atoms with van der Waals surface area (Å²) < 4.78 is 0. The predicted octanol–water partition coefficient (Wildman–Crippen LogP) is 4.93. The first kappa shape index (κ1) is 20.2. The first-order chi connectivity index (χ1) is 13.9. The highest BCUT2D eigenvalue weighted by atomic mass is 16.6. The van der Waals surface area contributed by atoms with Gasteiger partial charge in [0.25, 0.3) is 5.69 Å². The maximum absolute atomic E-state index is 12.6. The molecule has 0 aromatic heterocycles. The van der Waals surface area contributed by atoms with Gasteiger partial charge < -0.3 is 4.90 Å². The Bertz CT molecular complexity index is 1080. The van der Waals surface area contributed by atoms with E-state index in [0.717, 1.165) is 10.8 Å². The summed E-state index contributed by atoms with van der Waals surface area (Å²) >= 11 is 0. The van der Waals surface area contributed by atoms with Gasteiger partial charge in [-0.3, -0.25) is 19.7 Å². The average molecular weight is 390 g/mol. The van der Waals surface area contributed by atoms with Gasteiger partial charge in [0.05, 0.1) is 11.0 Å². The highest BCUT2D eigenvalue weighted by Gasteiger charge is 2.20. The summed E-state index contributed by atoms with van der Waals surface area (Å²) in [5, 5.41) is 13.0. The van der Waals surface area contributed by atoms with Crippen LogP contribution in [0.1, 0.15) is 41.7 Å². The third-order valence-corrected chi connectivity index (χ3v) is 5.18. The largest absolute Gasteiger partial charge is 0.339 e. The van der Waals surface area contributed by atoms with Gasteiger partial charge in [0.15, 0.2) is 5.78 Å². The molecular weight excluding hydrogens is 368 g/mol. The number of nitrogens with zero attached hydrogens (tertiary/aromatic N) is 2. The average Bonchev–Trinajstić information content (AvgIpc) is 2.75. The SMILES string of the molecule is C[C@@H](c1cccc([N+](=O)[O-])c1)N(C)C(=O)CCC(=O)c1ccc2ccccc2c1. The molecule has 0 saturated carbocycles. The highest BCUT2D eigenvalue weighted by Crippen LogP contribution is 2.24. The first-order valence-electron chi connectivity index (χ1n) is 9.39. The minimum atomic E-state index is -0.458. The van der Waals surface area contributed by atoms with E-state index in [2.05, 4.69) is 0 Å². The third kappa shape index (κ3) is 4.66. The fraction of sp³-hybridized carbons (Fsp3) is 0.217. The summed E-state index contributed by atoms with van der Waals surface area (Å²) in [6.45, 7) is 1.81. The van der Waals surface area contributed by atoms with Crippen molar-refractivity contribution in [3.05, 3.63) is 88.0 Å². The molecule has 1 atom stereocenters. The third-order valence-electron chi connectivity index (χ3n) is 5.18. The summed E-state index contributed by atoms with van der Waals surface area (Å²) in [7, 11) is 1.65. The molecule has 0 unspecified atom stereocenters. The number of non-ortho nitro benzene ring substituents is 1. The lowest BCUT2D eigenvalue weighted by Crippen LogP contribution is -2.29. The molecule has 0 radical (unpaired) electrons. The van der Waals surface area contributed by atoms with Crippen LogP contribution in [0.4, 0.5) is 5.69 Å². The summed E-state index contributed by atoms with van der Waals surface area (Å²) in [6.07, 6.45) is 0.199. The molecule has 6 nitrogen and oxygen atoms in total. The minimum Gasteiger partial charge on any atom is -0.339 e. The van der Waals surface area contributed by atoms with Crippen molar-refractivity contribution < 1.29 is 14.5 Å². The number of ketones is 1. The van der Waals surface area contributed by atoms with Gasteiger partial charge in [0.2, 0.25) is 5.91 Å². The monoisotopic (exact) mass is 390 g/mol. The van der Waals surface area contributed by atoms with Gasteiger partial charge in [-0.25, -0.2) is 0 Å². The van der Waals surface area contributed by atoms with Crippen molar-refractivity contribution >= 4 is 28.2 Å². The normalized spacial score (nSPS) is 11.8. The molecule has 3 aromatic carbocycles. The van der Waals surface area contributed by atoms with Gasteiger partial charge >= 0.3 is 0 Å². The smallest absolute Gasteiger partial charge is 0.269 e. The number of nitro groups is 1. The van der Waals surface area contributed by atoms with Crippen LogP contribution in [-0.4, -0.2) is 28.6 Å². The second kappa shape index (κ2) is 8.65. The predicted molar refractivity (Wildman–Crippen MR) is 112 cm³/mol. The number of benzene rings is 3. The fourth-order valence-electron chi connectivity index (χ4n) is 3.24. The number of carbonyl (C=O) groups excluding carboxylic acids is 2. The van der Waals surface area contributed by atoms with Crippen molar-refractivity contribution in [3.63, 3.8) is 0 Å². The lowest BCUT2D eigenvalue weighted by molar-refractivity contribution is -0.384. The van der Waals surface area contributed by atoms with Crippen molar-refractivity contribution in [1.82, 2.24) is 4.90 Å². The Morgan fingerprint density at radius 2 is 1.69 bits per heavy atom. The maximum atomic E-state index is 12.6. The molecule has 1 amide bonds. The molecule has 0 bridgehead atoms. The molecule has 148 valence electrons. The number of rotatable bonds is 7. The molecule has 0 fully saturated rings. The van der Waals surface area contributed by atoms with E-state index in [4.69, 9.17) is 0 Å². The Balaban J connectivity index is 1.63. The van der Waals surface area contributed by atoms with Gasteiger partial charge in [0.1, 0.15) is 0 Å². The number of nitro benzene ring substituents is 1. The quantitative estimate of drug-likeness (QED) is 0.325. The van der Waals surface area contributed by atoms with Gasteiger partial charge in [-0.05, 0) is 29.3 Å². The van der Waals surface area contributed by atoms with E-state index >= 15 is 0 Å². The van der Waals surface area contributed by atoms with E-state index in [0.29, 0.717) is 11.1 Å². The van der Waals surface area contributed by atoms with Gasteiger partial charge in [-0.1, -0.05) is 48.5 Å². The number of hydrogen-bond acceptors (Lipinski definition) is 4. The zero-order chi connectivity index (χ0) is 21.0. The van der Waals surface area contributed by atoms with Crippen molar-refractivity contribution in [2.45, 2.75) is 25.8 Å². The van der Waals surface area contributed by atoms with E-state index in [1.54, 1.807) is 25.2 Å². The Morgan fingerprint density at radius 1 is 0.966 bits per heavy atom. The standard InChI is InChI=1S/C23H22N2O4/c1-16(18-8-5-9-21(15-18)25(28)29)24(2)23(27)13-12-22(26)20-11-10-17-6-3-4-7-19(17)14-20/h3-11,14-16H,12-13H2,1-2H3/t16-/m0/s1. The van der Waals surface area contributed by atoms with Crippen LogP contribution >= 0.6 is 0 Å². The number of amides is 1. The lowest BCUT2D eigenvalue weighted by Gasteiger charge is -2.25. The fourth-order valence-corrected chi connectivity index (χ4v) is 3.24. The number of carbonyl (C=O) groups is 2. The molecule has 0 heterocycles. The molecule has 0 aliphatic rings. The van der Waals surface area contributed by atoms with Crippen molar-refractivity contribution in [2.75, 3.05) is 7.05 Å². The van der Waals surface area contributed by atoms with E-state index in [9.17, 15) is 19.7 Å². The van der Waals surface area contributed by atoms with Crippen LogP contribution in [0.15, 0.2) is 66.7 Å². The number of hydrogen-bond donors (Lipinski definition) is 0. The van der Waals surface area contributed by atoms with Gasteiger partial charge in [0, 0.05) is 37.6 Å². The lowest BCUT2D eigenvalue weighted by atomic mass is 10.0. The topological polar surface area (TPSA) is 80.5 Å². The summed E-state index contributed by atoms with van der Waals surface area (Å²) in [6, 6.07) is 19.2. The van der Waals surface area contributed by atoms with Crippen LogP contribution in [0.3, 0.4) is 0 Å². The van der Waals surface area contributed by atoms with E-state index in [-0.39, 0.29) is 36.3 Å². The molecule has 3 aromatic rings. The van der Waals surface area contributed by atoms with Crippen LogP contribution in [-0.2, 0) is 4.79 Å². The molecule has 0 spiro atoms. The number of Topliss-reactive ketones (excluding diaryl/α,β-unsaturated/α-hetero) is 1. The van der Waals surface area contributed by atoms with E-state index < -0.39 is 4.92 Å². The van der Waals surface area contributed by atoms with Crippen molar-refractivity contribution in [2.24, 2.45) is 0 Å². The van der Waals surface area contributed by atoms with Crippen LogP contribution in [0, 0.1) is 10.1 Å². The van der Waals surface area contributed by atoms with Crippen LogP contribution in [0.2, 0.25) is 0 Å². The zero-order valence-corrected chi connectivity index (χ0v) is 16.4. The summed E-state index contributed by atoms with van der Waals surface area (Å²) in [4.78, 5) is 37.1. The van der Waals surface area contributed by atoms with Gasteiger partial charge in [-0.15, -0.1) is 0 Å². The Kier molecular flexibility index (Phi) is 6.02. The van der Waals surface area contributed by atoms with Crippen molar-refractivity contribution in [1.29, 1.82) is 0 Å². The summed E-state index contributed by atoms with van der Waals surface area (Å²) in [5.41, 5.74) is 1.25. The van der Waals surface area contributed by atoms with Crippen LogP contribution in [0.5, 0.6) is 0 Å². The van der Waals surface area contributed by atoms with Crippen LogP contribution in [0.25, 0.3) is 10.8 Å². The van der Waals surface area contributed by atoms with Gasteiger partial charge in [-0.2, -0.15) is 0 Å². The molecule has 0 aliphatic carbocycles. The van der Waals surface area contributed by atoms with E-state index in [1.165, 1.54) is 17.0 Å². The van der Waals surface area contributed by atoms with Crippen molar-refractivity contribution in [3.8, 4) is 0 Å². The van der Waals surface area contributed by atoms with E-state index in [1.807, 2.05) is 43.3 Å². The maximum Gasteiger partial charge on any atom is 0.269 e. The Labute approximate surface area is 168 Å². The molecule has 0 N–H and O–H groups in total. The molecule has 29 heavy (non-hydrogen) atoms. The molecule has 0 aliphatic heterocycles. The summed E-state index contributed by atoms with van der Waals surface area (Å²) in [5.74, 6) is -0.265. The molecule has 3 rings (SSSR count). The minimum absolute atomic E-state index is 0.0123. The Morgan fingerprint density at radius 3 is 2.41 bits per heavy atom. The Hall–Kier alpha value is -3.54.